The average Bonchev–Trinajstić information content (AvgIpc) is 3.22. The zero-order valence-electron chi connectivity index (χ0n) is 21.8. The van der Waals surface area contributed by atoms with Gasteiger partial charge in [0.25, 0.3) is 0 Å². The Labute approximate surface area is 230 Å². The number of hydrogen-bond donors (Lipinski definition) is 1. The Balaban J connectivity index is 1.39. The molecular weight excluding hydrogens is 538 g/mol. The first-order valence-electron chi connectivity index (χ1n) is 12.8. The summed E-state index contributed by atoms with van der Waals surface area (Å²) in [5.41, 5.74) is 1.69. The van der Waals surface area contributed by atoms with E-state index in [-0.39, 0.29) is 4.90 Å². The molecule has 1 heterocycles. The van der Waals surface area contributed by atoms with Crippen LogP contribution in [0.4, 0.5) is 11.4 Å². The van der Waals surface area contributed by atoms with Gasteiger partial charge >= 0.3 is 0 Å². The van der Waals surface area contributed by atoms with Crippen LogP contribution in [0.25, 0.3) is 0 Å². The van der Waals surface area contributed by atoms with Crippen LogP contribution in [0.3, 0.4) is 0 Å². The molecule has 1 aliphatic heterocycles. The van der Waals surface area contributed by atoms with E-state index in [2.05, 4.69) is 5.32 Å². The van der Waals surface area contributed by atoms with Crippen molar-refractivity contribution in [3.8, 4) is 5.75 Å². The van der Waals surface area contributed by atoms with Gasteiger partial charge in [-0.05, 0) is 66.9 Å². The quantitative estimate of drug-likeness (QED) is 0.390. The molecule has 4 rings (SSSR count). The van der Waals surface area contributed by atoms with Gasteiger partial charge in [0.1, 0.15) is 18.9 Å². The van der Waals surface area contributed by atoms with E-state index in [1.54, 1.807) is 24.3 Å². The molecule has 0 aliphatic carbocycles. The van der Waals surface area contributed by atoms with Gasteiger partial charge in [-0.2, -0.15) is 4.31 Å². The summed E-state index contributed by atoms with van der Waals surface area (Å²) >= 11 is 0. The van der Waals surface area contributed by atoms with Gasteiger partial charge in [0, 0.05) is 18.8 Å². The summed E-state index contributed by atoms with van der Waals surface area (Å²) in [6.45, 7) is 0.929. The first-order valence-corrected chi connectivity index (χ1v) is 16.1. The fourth-order valence-corrected chi connectivity index (χ4v) is 6.70. The molecule has 0 unspecified atom stereocenters. The molecule has 0 radical (unpaired) electrons. The van der Waals surface area contributed by atoms with Crippen LogP contribution in [0.1, 0.15) is 31.2 Å². The number of carbonyl (C=O) groups excluding carboxylic acids is 1. The van der Waals surface area contributed by atoms with E-state index in [9.17, 15) is 21.6 Å². The molecule has 0 atom stereocenters. The van der Waals surface area contributed by atoms with Crippen molar-refractivity contribution >= 4 is 37.3 Å². The Morgan fingerprint density at radius 3 is 2.05 bits per heavy atom. The monoisotopic (exact) mass is 571 g/mol. The average molecular weight is 572 g/mol. The Bertz CT molecular complexity index is 1450. The van der Waals surface area contributed by atoms with Crippen molar-refractivity contribution < 1.29 is 26.4 Å². The van der Waals surface area contributed by atoms with Gasteiger partial charge in [0.2, 0.25) is 26.0 Å². The topological polar surface area (TPSA) is 113 Å². The Hall–Kier alpha value is -3.41. The highest BCUT2D eigenvalue weighted by Crippen LogP contribution is 2.24. The van der Waals surface area contributed by atoms with Crippen molar-refractivity contribution in [2.24, 2.45) is 0 Å². The molecule has 3 aromatic rings. The van der Waals surface area contributed by atoms with E-state index in [1.807, 2.05) is 30.3 Å². The van der Waals surface area contributed by atoms with E-state index in [0.717, 1.165) is 41.8 Å². The molecule has 0 saturated carbocycles. The lowest BCUT2D eigenvalue weighted by Gasteiger charge is -2.22. The van der Waals surface area contributed by atoms with E-state index in [4.69, 9.17) is 4.74 Å². The summed E-state index contributed by atoms with van der Waals surface area (Å²) in [4.78, 5) is 12.9. The van der Waals surface area contributed by atoms with Gasteiger partial charge in [-0.15, -0.1) is 0 Å². The van der Waals surface area contributed by atoms with E-state index in [0.29, 0.717) is 36.8 Å². The number of amides is 1. The molecule has 0 aromatic heterocycles. The van der Waals surface area contributed by atoms with Gasteiger partial charge in [-0.3, -0.25) is 9.10 Å². The molecular formula is C28H33N3O6S2. The fraction of sp³-hybridized carbons (Fsp3) is 0.321. The summed E-state index contributed by atoms with van der Waals surface area (Å²) < 4.78 is 59.2. The zero-order valence-corrected chi connectivity index (χ0v) is 23.5. The van der Waals surface area contributed by atoms with Crippen molar-refractivity contribution in [2.75, 3.05) is 35.5 Å². The molecule has 1 saturated heterocycles. The first-order chi connectivity index (χ1) is 18.6. The molecule has 1 aliphatic rings. The standard InChI is InChI=1S/C28H33N3O6S2/c1-38(33,34)31(25-13-15-26(16-14-25)37-22-23-9-5-4-6-10-23)21-28(32)29-24-11-17-27(18-12-24)39(35,36)30-19-7-2-3-8-20-30/h4-6,9-18H,2-3,7-8,19-22H2,1H3,(H,29,32). The fourth-order valence-electron chi connectivity index (χ4n) is 4.32. The Morgan fingerprint density at radius 1 is 0.846 bits per heavy atom. The summed E-state index contributed by atoms with van der Waals surface area (Å²) in [6.07, 6.45) is 4.76. The van der Waals surface area contributed by atoms with E-state index in [1.165, 1.54) is 28.6 Å². The number of nitrogens with zero attached hydrogens (tertiary/aromatic N) is 2. The van der Waals surface area contributed by atoms with Crippen LogP contribution in [0.2, 0.25) is 0 Å². The van der Waals surface area contributed by atoms with Crippen LogP contribution >= 0.6 is 0 Å². The first kappa shape index (κ1) is 28.6. The predicted molar refractivity (Wildman–Crippen MR) is 152 cm³/mol. The summed E-state index contributed by atoms with van der Waals surface area (Å²) in [7, 11) is -7.37. The van der Waals surface area contributed by atoms with E-state index >= 15 is 0 Å². The minimum Gasteiger partial charge on any atom is -0.489 e. The minimum atomic E-state index is -3.77. The lowest BCUT2D eigenvalue weighted by Crippen LogP contribution is -2.37. The molecule has 208 valence electrons. The number of benzene rings is 3. The van der Waals surface area contributed by atoms with Crippen molar-refractivity contribution in [1.82, 2.24) is 4.31 Å². The third-order valence-corrected chi connectivity index (χ3v) is 9.45. The van der Waals surface area contributed by atoms with Crippen molar-refractivity contribution in [3.05, 3.63) is 84.4 Å². The zero-order chi connectivity index (χ0) is 27.9. The largest absolute Gasteiger partial charge is 0.489 e. The maximum absolute atomic E-state index is 13.0. The predicted octanol–water partition coefficient (Wildman–Crippen LogP) is 4.24. The number of rotatable bonds is 10. The number of anilines is 2. The normalized spacial score (nSPS) is 14.8. The third kappa shape index (κ3) is 7.81. The van der Waals surface area contributed by atoms with Gasteiger partial charge in [0.05, 0.1) is 16.8 Å². The van der Waals surface area contributed by atoms with Crippen LogP contribution in [0.15, 0.2) is 83.8 Å². The van der Waals surface area contributed by atoms with Crippen molar-refractivity contribution in [1.29, 1.82) is 0 Å². The Morgan fingerprint density at radius 2 is 1.46 bits per heavy atom. The highest BCUT2D eigenvalue weighted by molar-refractivity contribution is 7.92. The highest BCUT2D eigenvalue weighted by Gasteiger charge is 2.25. The molecule has 39 heavy (non-hydrogen) atoms. The van der Waals surface area contributed by atoms with Crippen LogP contribution in [-0.2, 0) is 31.4 Å². The number of nitrogens with one attached hydrogen (secondary N) is 1. The summed E-state index contributed by atoms with van der Waals surface area (Å²) in [5.74, 6) is 0.00341. The number of sulfonamides is 2. The molecule has 1 amide bonds. The van der Waals surface area contributed by atoms with Gasteiger partial charge < -0.3 is 10.1 Å². The second kappa shape index (κ2) is 12.6. The molecule has 3 aromatic carbocycles. The van der Waals surface area contributed by atoms with Crippen LogP contribution in [-0.4, -0.2) is 52.9 Å². The van der Waals surface area contributed by atoms with Crippen LogP contribution in [0.5, 0.6) is 5.75 Å². The van der Waals surface area contributed by atoms with Gasteiger partial charge in [-0.1, -0.05) is 43.2 Å². The van der Waals surface area contributed by atoms with E-state index < -0.39 is 32.5 Å². The van der Waals surface area contributed by atoms with Crippen molar-refractivity contribution in [2.45, 2.75) is 37.2 Å². The van der Waals surface area contributed by atoms with Crippen LogP contribution in [0, 0.1) is 0 Å². The van der Waals surface area contributed by atoms with Crippen molar-refractivity contribution in [3.63, 3.8) is 0 Å². The lowest BCUT2D eigenvalue weighted by atomic mass is 10.2. The van der Waals surface area contributed by atoms with Crippen LogP contribution < -0.4 is 14.4 Å². The number of hydrogen-bond acceptors (Lipinski definition) is 6. The summed E-state index contributed by atoms with van der Waals surface area (Å²) in [5, 5.41) is 2.65. The molecule has 11 heteroatoms. The van der Waals surface area contributed by atoms with Gasteiger partial charge in [-0.25, -0.2) is 16.8 Å². The Kier molecular flexibility index (Phi) is 9.26. The minimum absolute atomic E-state index is 0.162. The molecule has 0 spiro atoms. The van der Waals surface area contributed by atoms with Gasteiger partial charge in [0.15, 0.2) is 0 Å². The smallest absolute Gasteiger partial charge is 0.245 e. The number of ether oxygens (including phenoxy) is 1. The number of carbonyl (C=O) groups is 1. The maximum Gasteiger partial charge on any atom is 0.245 e. The molecule has 0 bridgehead atoms. The maximum atomic E-state index is 13.0. The SMILES string of the molecule is CS(=O)(=O)N(CC(=O)Nc1ccc(S(=O)(=O)N2CCCCCC2)cc1)c1ccc(OCc2ccccc2)cc1. The molecule has 9 nitrogen and oxygen atoms in total. The molecule has 1 fully saturated rings. The third-order valence-electron chi connectivity index (χ3n) is 6.40. The second-order valence-electron chi connectivity index (χ2n) is 9.43. The molecule has 1 N–H and O–H groups in total. The lowest BCUT2D eigenvalue weighted by molar-refractivity contribution is -0.114. The highest BCUT2D eigenvalue weighted by atomic mass is 32.2. The summed E-state index contributed by atoms with van der Waals surface area (Å²) in [6, 6.07) is 22.0. The second-order valence-corrected chi connectivity index (χ2v) is 13.3.